The molecule has 0 aliphatic carbocycles. The molecule has 3 aliphatic heterocycles. The fourth-order valence-corrected chi connectivity index (χ4v) is 4.96. The third-order valence-corrected chi connectivity index (χ3v) is 7.03. The monoisotopic (exact) mass is 453 g/mol. The van der Waals surface area contributed by atoms with E-state index in [0.29, 0.717) is 52.4 Å². The summed E-state index contributed by atoms with van der Waals surface area (Å²) in [5.74, 6) is 0.225. The van der Waals surface area contributed by atoms with Crippen molar-refractivity contribution in [2.24, 2.45) is 5.92 Å². The second-order valence-electron chi connectivity index (χ2n) is 9.27. The summed E-state index contributed by atoms with van der Waals surface area (Å²) in [5.41, 5.74) is 2.42. The van der Waals surface area contributed by atoms with Crippen LogP contribution in [-0.2, 0) is 45.2 Å². The van der Waals surface area contributed by atoms with Gasteiger partial charge in [-0.2, -0.15) is 0 Å². The van der Waals surface area contributed by atoms with Crippen molar-refractivity contribution >= 4 is 11.8 Å². The number of rotatable bonds is 6. The van der Waals surface area contributed by atoms with Gasteiger partial charge < -0.3 is 19.7 Å². The minimum Gasteiger partial charge on any atom is -0.381 e. The van der Waals surface area contributed by atoms with E-state index in [2.05, 4.69) is 27.8 Å². The summed E-state index contributed by atoms with van der Waals surface area (Å²) in [4.78, 5) is 27.1. The molecule has 1 aromatic heterocycles. The van der Waals surface area contributed by atoms with E-state index >= 15 is 0 Å². The molecule has 1 N–H and O–H groups in total. The molecule has 9 nitrogen and oxygen atoms in total. The summed E-state index contributed by atoms with van der Waals surface area (Å²) in [6.07, 6.45) is 3.57. The van der Waals surface area contributed by atoms with Crippen LogP contribution in [0, 0.1) is 5.92 Å². The molecule has 9 heteroatoms. The largest absolute Gasteiger partial charge is 0.381 e. The number of ether oxygens (including phenoxy) is 2. The smallest absolute Gasteiger partial charge is 0.223 e. The Bertz CT molecular complexity index is 988. The third kappa shape index (κ3) is 4.94. The van der Waals surface area contributed by atoms with Gasteiger partial charge in [0, 0.05) is 32.1 Å². The maximum atomic E-state index is 12.8. The lowest BCUT2D eigenvalue weighted by atomic mass is 9.99. The summed E-state index contributed by atoms with van der Waals surface area (Å²) in [6.45, 7) is 3.88. The fourth-order valence-electron chi connectivity index (χ4n) is 4.96. The van der Waals surface area contributed by atoms with E-state index in [4.69, 9.17) is 9.47 Å². The van der Waals surface area contributed by atoms with Crippen molar-refractivity contribution in [1.29, 1.82) is 0 Å². The Hall–Kier alpha value is -2.78. The molecule has 3 aliphatic rings. The topological polar surface area (TPSA) is 98.6 Å². The minimum atomic E-state index is -0.411. The van der Waals surface area contributed by atoms with E-state index in [1.165, 1.54) is 5.56 Å². The molecule has 33 heavy (non-hydrogen) atoms. The Balaban J connectivity index is 1.14. The molecular formula is C24H31N5O4. The molecule has 2 saturated heterocycles. The Morgan fingerprint density at radius 3 is 2.79 bits per heavy atom. The second-order valence-corrected chi connectivity index (χ2v) is 9.27. The molecule has 176 valence electrons. The Morgan fingerprint density at radius 1 is 1.15 bits per heavy atom. The highest BCUT2D eigenvalue weighted by molar-refractivity contribution is 5.78. The van der Waals surface area contributed by atoms with E-state index in [1.807, 2.05) is 27.8 Å². The van der Waals surface area contributed by atoms with Crippen LogP contribution in [0.2, 0.25) is 0 Å². The number of likely N-dealkylation sites (tertiary alicyclic amines) is 1. The number of hydrogen-bond donors (Lipinski definition) is 1. The van der Waals surface area contributed by atoms with E-state index in [-0.39, 0.29) is 17.7 Å². The standard InChI is InChI=1S/C24H31N5O4/c30-22(7-6-18-4-2-1-3-5-18)28-11-10-24(16-28)17-29-21(15-33-24)20(26-27-29)14-25-23(31)19-8-12-32-13-9-19/h1-5,19H,6-17H2,(H,25,31). The molecule has 0 bridgehead atoms. The molecular weight excluding hydrogens is 422 g/mol. The van der Waals surface area contributed by atoms with Crippen LogP contribution in [0.25, 0.3) is 0 Å². The fraction of sp³-hybridized carbons (Fsp3) is 0.583. The molecule has 4 heterocycles. The van der Waals surface area contributed by atoms with Crippen LogP contribution in [0.1, 0.15) is 42.6 Å². The molecule has 0 radical (unpaired) electrons. The maximum absolute atomic E-state index is 12.8. The molecule has 1 aromatic carbocycles. The molecule has 0 saturated carbocycles. The lowest BCUT2D eigenvalue weighted by Crippen LogP contribution is -2.45. The van der Waals surface area contributed by atoms with Crippen molar-refractivity contribution in [1.82, 2.24) is 25.2 Å². The van der Waals surface area contributed by atoms with Gasteiger partial charge in [-0.3, -0.25) is 9.59 Å². The predicted octanol–water partition coefficient (Wildman–Crippen LogP) is 1.45. The molecule has 1 spiro atoms. The lowest BCUT2D eigenvalue weighted by molar-refractivity contribution is -0.133. The normalized spacial score (nSPS) is 23.0. The quantitative estimate of drug-likeness (QED) is 0.711. The van der Waals surface area contributed by atoms with E-state index in [1.54, 1.807) is 0 Å². The first-order chi connectivity index (χ1) is 16.1. The van der Waals surface area contributed by atoms with Gasteiger partial charge in [-0.05, 0) is 31.2 Å². The highest BCUT2D eigenvalue weighted by Crippen LogP contribution is 2.33. The van der Waals surface area contributed by atoms with Gasteiger partial charge in [0.1, 0.15) is 11.3 Å². The molecule has 1 atom stereocenters. The molecule has 2 aromatic rings. The summed E-state index contributed by atoms with van der Waals surface area (Å²) in [5, 5.41) is 11.6. The van der Waals surface area contributed by atoms with Crippen molar-refractivity contribution in [2.75, 3.05) is 26.3 Å². The van der Waals surface area contributed by atoms with Gasteiger partial charge in [-0.1, -0.05) is 35.5 Å². The summed E-state index contributed by atoms with van der Waals surface area (Å²) >= 11 is 0. The van der Waals surface area contributed by atoms with E-state index < -0.39 is 5.60 Å². The van der Waals surface area contributed by atoms with Crippen LogP contribution in [0.15, 0.2) is 30.3 Å². The number of hydrogen-bond acceptors (Lipinski definition) is 6. The second kappa shape index (κ2) is 9.61. The van der Waals surface area contributed by atoms with Gasteiger partial charge in [-0.15, -0.1) is 5.10 Å². The van der Waals surface area contributed by atoms with Gasteiger partial charge in [0.2, 0.25) is 11.8 Å². The first kappa shape index (κ1) is 22.0. The minimum absolute atomic E-state index is 0.00793. The zero-order chi connectivity index (χ0) is 22.7. The average molecular weight is 454 g/mol. The predicted molar refractivity (Wildman–Crippen MR) is 119 cm³/mol. The van der Waals surface area contributed by atoms with Crippen molar-refractivity contribution in [2.45, 2.75) is 57.4 Å². The number of carbonyl (C=O) groups is 2. The zero-order valence-corrected chi connectivity index (χ0v) is 18.9. The molecule has 2 amide bonds. The number of amides is 2. The number of nitrogens with zero attached hydrogens (tertiary/aromatic N) is 4. The first-order valence-electron chi connectivity index (χ1n) is 11.8. The Kier molecular flexibility index (Phi) is 6.41. The van der Waals surface area contributed by atoms with Crippen LogP contribution in [-0.4, -0.2) is 63.6 Å². The summed E-state index contributed by atoms with van der Waals surface area (Å²) in [6, 6.07) is 10.1. The van der Waals surface area contributed by atoms with E-state index in [0.717, 1.165) is 37.1 Å². The highest BCUT2D eigenvalue weighted by Gasteiger charge is 2.44. The van der Waals surface area contributed by atoms with Crippen molar-refractivity contribution in [3.8, 4) is 0 Å². The number of nitrogens with one attached hydrogen (secondary N) is 1. The van der Waals surface area contributed by atoms with Crippen molar-refractivity contribution in [3.63, 3.8) is 0 Å². The maximum Gasteiger partial charge on any atom is 0.223 e. The highest BCUT2D eigenvalue weighted by atomic mass is 16.5. The van der Waals surface area contributed by atoms with E-state index in [9.17, 15) is 9.59 Å². The Morgan fingerprint density at radius 2 is 1.97 bits per heavy atom. The Labute approximate surface area is 193 Å². The molecule has 2 fully saturated rings. The van der Waals surface area contributed by atoms with Crippen LogP contribution >= 0.6 is 0 Å². The van der Waals surface area contributed by atoms with Crippen LogP contribution in [0.4, 0.5) is 0 Å². The zero-order valence-electron chi connectivity index (χ0n) is 18.9. The number of benzene rings is 1. The van der Waals surface area contributed by atoms with Gasteiger partial charge >= 0.3 is 0 Å². The third-order valence-electron chi connectivity index (χ3n) is 7.03. The first-order valence-corrected chi connectivity index (χ1v) is 11.8. The number of aromatic nitrogens is 3. The molecule has 5 rings (SSSR count). The van der Waals surface area contributed by atoms with Crippen LogP contribution in [0.3, 0.4) is 0 Å². The average Bonchev–Trinajstić information content (AvgIpc) is 3.46. The number of aryl methyl sites for hydroxylation is 1. The number of fused-ring (bicyclic) bond motifs is 1. The van der Waals surface area contributed by atoms with Gasteiger partial charge in [0.15, 0.2) is 0 Å². The van der Waals surface area contributed by atoms with Crippen molar-refractivity contribution < 1.29 is 19.1 Å². The lowest BCUT2D eigenvalue weighted by Gasteiger charge is -2.34. The van der Waals surface area contributed by atoms with Crippen LogP contribution in [0.5, 0.6) is 0 Å². The number of carbonyl (C=O) groups excluding carboxylic acids is 2. The van der Waals surface area contributed by atoms with Crippen LogP contribution < -0.4 is 5.32 Å². The molecule has 1 unspecified atom stereocenters. The van der Waals surface area contributed by atoms with Gasteiger partial charge in [0.25, 0.3) is 0 Å². The van der Waals surface area contributed by atoms with Crippen molar-refractivity contribution in [3.05, 3.63) is 47.3 Å². The summed E-state index contributed by atoms with van der Waals surface area (Å²) < 4.78 is 13.5. The van der Waals surface area contributed by atoms with Gasteiger partial charge in [0.05, 0.1) is 31.9 Å². The summed E-state index contributed by atoms with van der Waals surface area (Å²) in [7, 11) is 0. The van der Waals surface area contributed by atoms with Gasteiger partial charge in [-0.25, -0.2) is 4.68 Å². The SMILES string of the molecule is O=C(NCc1nnn2c1COC1(CCN(C(=O)CCc3ccccc3)C1)C2)C1CCOCC1.